The summed E-state index contributed by atoms with van der Waals surface area (Å²) in [5, 5.41) is 8.67. The quantitative estimate of drug-likeness (QED) is 0.653. The molecule has 1 aliphatic heterocycles. The Labute approximate surface area is 107 Å². The molecule has 6 nitrogen and oxygen atoms in total. The minimum atomic E-state index is -0.813. The molecule has 0 radical (unpaired) electrons. The summed E-state index contributed by atoms with van der Waals surface area (Å²) in [6.07, 6.45) is 1.26. The van der Waals surface area contributed by atoms with Crippen LogP contribution >= 0.6 is 0 Å². The monoisotopic (exact) mass is 258 g/mol. The Bertz CT molecular complexity index is 275. The number of carboxylic acid groups (broad SMARTS) is 1. The van der Waals surface area contributed by atoms with E-state index in [0.29, 0.717) is 45.8 Å². The normalized spacial score (nSPS) is 16.8. The maximum atomic E-state index is 11.8. The number of carboxylic acids is 1. The highest BCUT2D eigenvalue weighted by Crippen LogP contribution is 2.05. The SMILES string of the molecule is CCOCCCC(=O)N1CCN(CC(=O)O)CC1. The molecule has 1 fully saturated rings. The largest absolute Gasteiger partial charge is 0.480 e. The van der Waals surface area contributed by atoms with Crippen LogP contribution in [0.3, 0.4) is 0 Å². The summed E-state index contributed by atoms with van der Waals surface area (Å²) in [6, 6.07) is 0. The van der Waals surface area contributed by atoms with Gasteiger partial charge in [0, 0.05) is 45.8 Å². The number of nitrogens with zero attached hydrogens (tertiary/aromatic N) is 2. The van der Waals surface area contributed by atoms with Crippen LogP contribution in [0.1, 0.15) is 19.8 Å². The third-order valence-electron chi connectivity index (χ3n) is 2.97. The molecule has 104 valence electrons. The molecular weight excluding hydrogens is 236 g/mol. The van der Waals surface area contributed by atoms with Crippen LogP contribution in [0.4, 0.5) is 0 Å². The first kappa shape index (κ1) is 14.9. The summed E-state index contributed by atoms with van der Waals surface area (Å²) in [6.45, 7) is 5.84. The highest BCUT2D eigenvalue weighted by Gasteiger charge is 2.21. The van der Waals surface area contributed by atoms with Gasteiger partial charge in [0.2, 0.25) is 5.91 Å². The van der Waals surface area contributed by atoms with Gasteiger partial charge in [-0.05, 0) is 13.3 Å². The lowest BCUT2D eigenvalue weighted by Crippen LogP contribution is -2.49. The fraction of sp³-hybridized carbons (Fsp3) is 0.833. The Hall–Kier alpha value is -1.14. The van der Waals surface area contributed by atoms with Gasteiger partial charge in [-0.2, -0.15) is 0 Å². The maximum absolute atomic E-state index is 11.8. The highest BCUT2D eigenvalue weighted by atomic mass is 16.5. The minimum absolute atomic E-state index is 0.0619. The lowest BCUT2D eigenvalue weighted by molar-refractivity contribution is -0.139. The smallest absolute Gasteiger partial charge is 0.317 e. The topological polar surface area (TPSA) is 70.1 Å². The third kappa shape index (κ3) is 5.46. The van der Waals surface area contributed by atoms with E-state index in [-0.39, 0.29) is 12.5 Å². The predicted molar refractivity (Wildman–Crippen MR) is 66.4 cm³/mol. The van der Waals surface area contributed by atoms with Gasteiger partial charge < -0.3 is 14.7 Å². The van der Waals surface area contributed by atoms with Gasteiger partial charge >= 0.3 is 5.97 Å². The average molecular weight is 258 g/mol. The number of piperazine rings is 1. The third-order valence-corrected chi connectivity index (χ3v) is 2.97. The van der Waals surface area contributed by atoms with Crippen molar-refractivity contribution in [1.29, 1.82) is 0 Å². The van der Waals surface area contributed by atoms with Crippen LogP contribution in [0.5, 0.6) is 0 Å². The van der Waals surface area contributed by atoms with Crippen molar-refractivity contribution in [3.63, 3.8) is 0 Å². The summed E-state index contributed by atoms with van der Waals surface area (Å²) >= 11 is 0. The van der Waals surface area contributed by atoms with Crippen molar-refractivity contribution in [3.8, 4) is 0 Å². The van der Waals surface area contributed by atoms with Crippen molar-refractivity contribution in [2.24, 2.45) is 0 Å². The van der Waals surface area contributed by atoms with Gasteiger partial charge in [-0.3, -0.25) is 14.5 Å². The van der Waals surface area contributed by atoms with E-state index < -0.39 is 5.97 Å². The van der Waals surface area contributed by atoms with Crippen molar-refractivity contribution in [1.82, 2.24) is 9.80 Å². The molecule has 1 N–H and O–H groups in total. The molecule has 0 aliphatic carbocycles. The Morgan fingerprint density at radius 2 is 1.89 bits per heavy atom. The van der Waals surface area contributed by atoms with E-state index in [0.717, 1.165) is 6.42 Å². The number of ether oxygens (including phenoxy) is 1. The number of hydrogen-bond acceptors (Lipinski definition) is 4. The van der Waals surface area contributed by atoms with Crippen LogP contribution in [0.2, 0.25) is 0 Å². The van der Waals surface area contributed by atoms with Crippen LogP contribution in [0.25, 0.3) is 0 Å². The molecule has 0 aromatic heterocycles. The van der Waals surface area contributed by atoms with Gasteiger partial charge in [0.1, 0.15) is 0 Å². The van der Waals surface area contributed by atoms with Crippen LogP contribution in [0, 0.1) is 0 Å². The fourth-order valence-corrected chi connectivity index (χ4v) is 1.97. The summed E-state index contributed by atoms with van der Waals surface area (Å²) in [5.41, 5.74) is 0. The average Bonchev–Trinajstić information content (AvgIpc) is 2.34. The fourth-order valence-electron chi connectivity index (χ4n) is 1.97. The predicted octanol–water partition coefficient (Wildman–Crippen LogP) is 0.0319. The van der Waals surface area contributed by atoms with E-state index in [4.69, 9.17) is 9.84 Å². The molecular formula is C12H22N2O4. The van der Waals surface area contributed by atoms with Crippen molar-refractivity contribution < 1.29 is 19.4 Å². The van der Waals surface area contributed by atoms with Crippen LogP contribution < -0.4 is 0 Å². The van der Waals surface area contributed by atoms with E-state index in [2.05, 4.69) is 0 Å². The molecule has 0 spiro atoms. The zero-order chi connectivity index (χ0) is 13.4. The van der Waals surface area contributed by atoms with Gasteiger partial charge in [0.15, 0.2) is 0 Å². The highest BCUT2D eigenvalue weighted by molar-refractivity contribution is 5.76. The Morgan fingerprint density at radius 1 is 1.22 bits per heavy atom. The first-order chi connectivity index (χ1) is 8.63. The van der Waals surface area contributed by atoms with Gasteiger partial charge in [-0.15, -0.1) is 0 Å². The molecule has 0 atom stereocenters. The lowest BCUT2D eigenvalue weighted by atomic mass is 10.2. The number of carbonyl (C=O) groups is 2. The van der Waals surface area contributed by atoms with E-state index in [1.54, 1.807) is 0 Å². The molecule has 0 aromatic carbocycles. The molecule has 1 heterocycles. The van der Waals surface area contributed by atoms with E-state index in [1.807, 2.05) is 16.7 Å². The molecule has 0 saturated carbocycles. The maximum Gasteiger partial charge on any atom is 0.317 e. The molecule has 0 aromatic rings. The van der Waals surface area contributed by atoms with Crippen molar-refractivity contribution >= 4 is 11.9 Å². The van der Waals surface area contributed by atoms with Gasteiger partial charge in [-0.25, -0.2) is 0 Å². The molecule has 1 rings (SSSR count). The second kappa shape index (κ2) is 8.05. The van der Waals surface area contributed by atoms with Gasteiger partial charge in [0.25, 0.3) is 0 Å². The summed E-state index contributed by atoms with van der Waals surface area (Å²) in [4.78, 5) is 26.0. The molecule has 1 aliphatic rings. The Morgan fingerprint density at radius 3 is 2.44 bits per heavy atom. The number of hydrogen-bond donors (Lipinski definition) is 1. The van der Waals surface area contributed by atoms with E-state index in [1.165, 1.54) is 0 Å². The van der Waals surface area contributed by atoms with Crippen LogP contribution in [-0.2, 0) is 14.3 Å². The molecule has 6 heteroatoms. The summed E-state index contributed by atoms with van der Waals surface area (Å²) < 4.78 is 5.19. The molecule has 0 bridgehead atoms. The molecule has 18 heavy (non-hydrogen) atoms. The second-order valence-electron chi connectivity index (χ2n) is 4.35. The standard InChI is InChI=1S/C12H22N2O4/c1-2-18-9-3-4-11(15)14-7-5-13(6-8-14)10-12(16)17/h2-10H2,1H3,(H,16,17). The second-order valence-corrected chi connectivity index (χ2v) is 4.35. The van der Waals surface area contributed by atoms with Crippen LogP contribution in [0.15, 0.2) is 0 Å². The molecule has 1 saturated heterocycles. The minimum Gasteiger partial charge on any atom is -0.480 e. The zero-order valence-electron chi connectivity index (χ0n) is 10.9. The summed E-state index contributed by atoms with van der Waals surface area (Å²) in [5.74, 6) is -0.670. The Kier molecular flexibility index (Phi) is 6.67. The Balaban J connectivity index is 2.17. The molecule has 1 amide bonds. The number of aliphatic carboxylic acids is 1. The molecule has 0 unspecified atom stereocenters. The van der Waals surface area contributed by atoms with E-state index in [9.17, 15) is 9.59 Å². The summed E-state index contributed by atoms with van der Waals surface area (Å²) in [7, 11) is 0. The number of amides is 1. The van der Waals surface area contributed by atoms with Gasteiger partial charge in [0.05, 0.1) is 6.54 Å². The van der Waals surface area contributed by atoms with Crippen molar-refractivity contribution in [3.05, 3.63) is 0 Å². The number of carbonyl (C=O) groups excluding carboxylic acids is 1. The zero-order valence-corrected chi connectivity index (χ0v) is 10.9. The van der Waals surface area contributed by atoms with Crippen LogP contribution in [-0.4, -0.2) is 72.7 Å². The lowest BCUT2D eigenvalue weighted by Gasteiger charge is -2.33. The first-order valence-corrected chi connectivity index (χ1v) is 6.43. The van der Waals surface area contributed by atoms with Crippen molar-refractivity contribution in [2.75, 3.05) is 45.9 Å². The number of rotatable bonds is 7. The van der Waals surface area contributed by atoms with E-state index >= 15 is 0 Å². The first-order valence-electron chi connectivity index (χ1n) is 6.43. The van der Waals surface area contributed by atoms with Gasteiger partial charge in [-0.1, -0.05) is 0 Å². The van der Waals surface area contributed by atoms with Crippen molar-refractivity contribution in [2.45, 2.75) is 19.8 Å².